The van der Waals surface area contributed by atoms with Gasteiger partial charge in [-0.05, 0) is 51.4 Å². The summed E-state index contributed by atoms with van der Waals surface area (Å²) >= 11 is 0. The SMILES string of the molecule is C=CCCCCCCCCCC.C=CCCCCCCCCCC.C=CCCCCCCCCCC.C=CCCCCCCCCCC. The van der Waals surface area contributed by atoms with Crippen molar-refractivity contribution in [2.45, 2.75) is 259 Å². The minimum atomic E-state index is 1.20. The number of hydrogen-bond acceptors (Lipinski definition) is 0. The molecule has 0 saturated carbocycles. The van der Waals surface area contributed by atoms with Crippen LogP contribution in [0, 0.1) is 0 Å². The molecule has 0 radical (unpaired) electrons. The van der Waals surface area contributed by atoms with Gasteiger partial charge in [-0.1, -0.05) is 232 Å². The van der Waals surface area contributed by atoms with E-state index in [1.54, 1.807) is 0 Å². The summed E-state index contributed by atoms with van der Waals surface area (Å²) < 4.78 is 0. The highest BCUT2D eigenvalue weighted by Crippen LogP contribution is 2.12. The van der Waals surface area contributed by atoms with Crippen molar-refractivity contribution < 1.29 is 0 Å². The lowest BCUT2D eigenvalue weighted by Crippen LogP contribution is -1.79. The van der Waals surface area contributed by atoms with E-state index in [1.165, 1.54) is 231 Å². The maximum Gasteiger partial charge on any atom is -0.0353 e. The summed E-state index contributed by atoms with van der Waals surface area (Å²) in [5.74, 6) is 0. The second-order valence-corrected chi connectivity index (χ2v) is 14.2. The standard InChI is InChI=1S/4C12H24/c4*1-3-5-7-9-11-12-10-8-6-4-2/h4*3H,1,4-12H2,2H3. The molecule has 0 aromatic rings. The van der Waals surface area contributed by atoms with Gasteiger partial charge in [0, 0.05) is 0 Å². The molecular weight excluding hydrogens is 577 g/mol. The van der Waals surface area contributed by atoms with Crippen molar-refractivity contribution in [3.63, 3.8) is 0 Å². The van der Waals surface area contributed by atoms with Crippen LogP contribution < -0.4 is 0 Å². The molecule has 0 aliphatic heterocycles. The topological polar surface area (TPSA) is 0 Å². The molecule has 0 aromatic carbocycles. The fourth-order valence-electron chi connectivity index (χ4n) is 5.69. The third-order valence-electron chi connectivity index (χ3n) is 9.05. The third kappa shape index (κ3) is 71.1. The first kappa shape index (κ1) is 53.7. The molecule has 0 saturated heterocycles. The second-order valence-electron chi connectivity index (χ2n) is 14.2. The molecule has 48 heavy (non-hydrogen) atoms. The minimum absolute atomic E-state index is 1.20. The van der Waals surface area contributed by atoms with Gasteiger partial charge in [-0.2, -0.15) is 0 Å². The summed E-state index contributed by atoms with van der Waals surface area (Å²) in [6.07, 6.45) is 58.1. The van der Waals surface area contributed by atoms with E-state index in [0.29, 0.717) is 0 Å². The van der Waals surface area contributed by atoms with Crippen LogP contribution in [0.5, 0.6) is 0 Å². The summed E-state index contributed by atoms with van der Waals surface area (Å²) in [6, 6.07) is 0. The van der Waals surface area contributed by atoms with Gasteiger partial charge in [-0.15, -0.1) is 26.3 Å². The van der Waals surface area contributed by atoms with Crippen molar-refractivity contribution in [2.75, 3.05) is 0 Å². The zero-order valence-corrected chi connectivity index (χ0v) is 34.6. The molecule has 0 fully saturated rings. The summed E-state index contributed by atoms with van der Waals surface area (Å²) in [6.45, 7) is 23.9. The minimum Gasteiger partial charge on any atom is -0.103 e. The second kappa shape index (κ2) is 61.2. The fraction of sp³-hybridized carbons (Fsp3) is 0.833. The van der Waals surface area contributed by atoms with Crippen LogP contribution in [0.25, 0.3) is 0 Å². The number of unbranched alkanes of at least 4 members (excludes halogenated alkanes) is 32. The summed E-state index contributed by atoms with van der Waals surface area (Å²) in [5.41, 5.74) is 0. The molecule has 0 aliphatic rings. The fourth-order valence-corrected chi connectivity index (χ4v) is 5.69. The van der Waals surface area contributed by atoms with Crippen molar-refractivity contribution in [3.05, 3.63) is 50.6 Å². The van der Waals surface area contributed by atoms with Crippen LogP contribution >= 0.6 is 0 Å². The Morgan fingerprint density at radius 3 is 0.458 bits per heavy atom. The van der Waals surface area contributed by atoms with Crippen LogP contribution in [0.2, 0.25) is 0 Å². The van der Waals surface area contributed by atoms with E-state index in [1.807, 2.05) is 24.3 Å². The van der Waals surface area contributed by atoms with Crippen LogP contribution in [0.1, 0.15) is 259 Å². The normalized spacial score (nSPS) is 10.1. The number of rotatable bonds is 36. The molecule has 288 valence electrons. The highest BCUT2D eigenvalue weighted by molar-refractivity contribution is 4.67. The van der Waals surface area contributed by atoms with Gasteiger partial charge in [0.15, 0.2) is 0 Å². The molecule has 0 rings (SSSR count). The summed E-state index contributed by atoms with van der Waals surface area (Å²) in [4.78, 5) is 0. The predicted octanol–water partition coefficient (Wildman–Crippen LogP) is 18.8. The molecule has 0 bridgehead atoms. The summed E-state index contributed by atoms with van der Waals surface area (Å²) in [5, 5.41) is 0. The highest BCUT2D eigenvalue weighted by atomic mass is 14.0. The number of hydrogen-bond donors (Lipinski definition) is 0. The molecule has 0 heteroatoms. The van der Waals surface area contributed by atoms with Gasteiger partial charge in [0.1, 0.15) is 0 Å². The van der Waals surface area contributed by atoms with Gasteiger partial charge in [0.2, 0.25) is 0 Å². The van der Waals surface area contributed by atoms with Gasteiger partial charge in [-0.25, -0.2) is 0 Å². The van der Waals surface area contributed by atoms with Crippen LogP contribution in [-0.4, -0.2) is 0 Å². The maximum absolute atomic E-state index is 3.72. The molecule has 0 heterocycles. The highest BCUT2D eigenvalue weighted by Gasteiger charge is 1.92. The Morgan fingerprint density at radius 1 is 0.208 bits per heavy atom. The first-order valence-electron chi connectivity index (χ1n) is 22.1. The van der Waals surface area contributed by atoms with Crippen molar-refractivity contribution in [1.82, 2.24) is 0 Å². The predicted molar refractivity (Wildman–Crippen MR) is 230 cm³/mol. The Morgan fingerprint density at radius 2 is 0.333 bits per heavy atom. The van der Waals surface area contributed by atoms with Gasteiger partial charge in [-0.3, -0.25) is 0 Å². The molecule has 0 atom stereocenters. The Kier molecular flexibility index (Phi) is 68.5. The molecule has 0 N–H and O–H groups in total. The molecule has 0 spiro atoms. The van der Waals surface area contributed by atoms with Gasteiger partial charge < -0.3 is 0 Å². The Hall–Kier alpha value is -1.04. The van der Waals surface area contributed by atoms with Gasteiger partial charge in [0.05, 0.1) is 0 Å². The van der Waals surface area contributed by atoms with Gasteiger partial charge >= 0.3 is 0 Å². The Balaban J connectivity index is -0.000000269. The zero-order chi connectivity index (χ0) is 36.3. The molecule has 0 aliphatic carbocycles. The Bertz CT molecular complexity index is 432. The lowest BCUT2D eigenvalue weighted by Gasteiger charge is -1.99. The van der Waals surface area contributed by atoms with Crippen LogP contribution in [-0.2, 0) is 0 Å². The van der Waals surface area contributed by atoms with E-state index >= 15 is 0 Å². The molecule has 0 aromatic heterocycles. The van der Waals surface area contributed by atoms with Crippen molar-refractivity contribution >= 4 is 0 Å². The smallest absolute Gasteiger partial charge is 0.0353 e. The first-order chi connectivity index (χ1) is 23.7. The first-order valence-corrected chi connectivity index (χ1v) is 22.1. The van der Waals surface area contributed by atoms with E-state index in [4.69, 9.17) is 0 Å². The average molecular weight is 673 g/mol. The van der Waals surface area contributed by atoms with E-state index in [9.17, 15) is 0 Å². The van der Waals surface area contributed by atoms with E-state index in [2.05, 4.69) is 54.0 Å². The average Bonchev–Trinajstić information content (AvgIpc) is 3.10. The molecule has 0 unspecified atom stereocenters. The third-order valence-corrected chi connectivity index (χ3v) is 9.05. The number of allylic oxidation sites excluding steroid dienone is 4. The van der Waals surface area contributed by atoms with Crippen molar-refractivity contribution in [3.8, 4) is 0 Å². The van der Waals surface area contributed by atoms with E-state index in [0.717, 1.165) is 0 Å². The zero-order valence-electron chi connectivity index (χ0n) is 34.6. The molecule has 0 amide bonds. The van der Waals surface area contributed by atoms with Crippen LogP contribution in [0.4, 0.5) is 0 Å². The van der Waals surface area contributed by atoms with E-state index in [-0.39, 0.29) is 0 Å². The van der Waals surface area contributed by atoms with Crippen molar-refractivity contribution in [2.24, 2.45) is 0 Å². The maximum atomic E-state index is 3.72. The Labute approximate surface area is 308 Å². The van der Waals surface area contributed by atoms with Gasteiger partial charge in [0.25, 0.3) is 0 Å². The van der Waals surface area contributed by atoms with Crippen molar-refractivity contribution in [1.29, 1.82) is 0 Å². The monoisotopic (exact) mass is 673 g/mol. The lowest BCUT2D eigenvalue weighted by atomic mass is 10.1. The molecular formula is C48H96. The quantitative estimate of drug-likeness (QED) is 0.0459. The van der Waals surface area contributed by atoms with Crippen LogP contribution in [0.15, 0.2) is 50.6 Å². The summed E-state index contributed by atoms with van der Waals surface area (Å²) in [7, 11) is 0. The largest absolute Gasteiger partial charge is 0.103 e. The molecule has 0 nitrogen and oxygen atoms in total. The van der Waals surface area contributed by atoms with Crippen LogP contribution in [0.3, 0.4) is 0 Å². The van der Waals surface area contributed by atoms with E-state index < -0.39 is 0 Å². The lowest BCUT2D eigenvalue weighted by molar-refractivity contribution is 0.578.